The molecule has 0 amide bonds. The first-order chi connectivity index (χ1) is 15.2. The number of fused-ring (bicyclic) bond motifs is 1. The molecule has 10 heteroatoms. The third-order valence-electron chi connectivity index (χ3n) is 4.67. The number of hydrogen-bond donors (Lipinski definition) is 2. The van der Waals surface area contributed by atoms with E-state index in [0.717, 1.165) is 0 Å². The number of halogens is 3. The van der Waals surface area contributed by atoms with E-state index in [1.54, 1.807) is 43.5 Å². The summed E-state index contributed by atoms with van der Waals surface area (Å²) >= 11 is 0. The molecule has 164 valence electrons. The Morgan fingerprint density at radius 1 is 0.906 bits per heavy atom. The fourth-order valence-electron chi connectivity index (χ4n) is 3.29. The smallest absolute Gasteiger partial charge is 0.426 e. The van der Waals surface area contributed by atoms with E-state index in [2.05, 4.69) is 14.7 Å². The lowest BCUT2D eigenvalue weighted by Crippen LogP contribution is -2.16. The van der Waals surface area contributed by atoms with Crippen molar-refractivity contribution in [3.05, 3.63) is 72.4 Å². The number of benzene rings is 2. The van der Waals surface area contributed by atoms with Gasteiger partial charge in [-0.3, -0.25) is 4.98 Å². The van der Waals surface area contributed by atoms with Crippen LogP contribution in [0.3, 0.4) is 0 Å². The SMILES string of the molecule is Cc1c(-c2ccc(-c3ccc(OC(F)(F)F)cc3)nc2)nc2ccccc2c1OP(O)O. The predicted molar refractivity (Wildman–Crippen MR) is 114 cm³/mol. The molecule has 0 aliphatic carbocycles. The lowest BCUT2D eigenvalue weighted by atomic mass is 10.0. The zero-order valence-corrected chi connectivity index (χ0v) is 17.4. The summed E-state index contributed by atoms with van der Waals surface area (Å²) in [5.74, 6) is 0.0140. The number of rotatable bonds is 5. The quantitative estimate of drug-likeness (QED) is 0.369. The summed E-state index contributed by atoms with van der Waals surface area (Å²) < 4.78 is 46.1. The minimum absolute atomic E-state index is 0.311. The van der Waals surface area contributed by atoms with Crippen LogP contribution in [0.15, 0.2) is 66.9 Å². The summed E-state index contributed by atoms with van der Waals surface area (Å²) in [6.07, 6.45) is -3.16. The largest absolute Gasteiger partial charge is 0.573 e. The minimum Gasteiger partial charge on any atom is -0.426 e. The van der Waals surface area contributed by atoms with Crippen molar-refractivity contribution in [3.8, 4) is 34.0 Å². The molecule has 0 bridgehead atoms. The maximum absolute atomic E-state index is 12.3. The van der Waals surface area contributed by atoms with Gasteiger partial charge < -0.3 is 19.0 Å². The van der Waals surface area contributed by atoms with E-state index in [-0.39, 0.29) is 5.75 Å². The molecule has 0 saturated carbocycles. The molecule has 0 unspecified atom stereocenters. The molecule has 4 rings (SSSR count). The van der Waals surface area contributed by atoms with E-state index >= 15 is 0 Å². The van der Waals surface area contributed by atoms with E-state index in [1.807, 2.05) is 6.07 Å². The van der Waals surface area contributed by atoms with Crippen LogP contribution in [0.2, 0.25) is 0 Å². The maximum Gasteiger partial charge on any atom is 0.573 e. The highest BCUT2D eigenvalue weighted by atomic mass is 31.2. The zero-order chi connectivity index (χ0) is 22.9. The lowest BCUT2D eigenvalue weighted by Gasteiger charge is -2.15. The molecule has 0 radical (unpaired) electrons. The molecule has 4 aromatic rings. The maximum atomic E-state index is 12.3. The van der Waals surface area contributed by atoms with Gasteiger partial charge in [-0.15, -0.1) is 13.2 Å². The summed E-state index contributed by atoms with van der Waals surface area (Å²) in [7, 11) is -2.62. The van der Waals surface area contributed by atoms with Crippen molar-refractivity contribution in [1.82, 2.24) is 9.97 Å². The van der Waals surface area contributed by atoms with Crippen molar-refractivity contribution in [2.75, 3.05) is 0 Å². The van der Waals surface area contributed by atoms with Gasteiger partial charge in [-0.25, -0.2) is 4.98 Å². The van der Waals surface area contributed by atoms with Gasteiger partial charge in [0.05, 0.1) is 16.9 Å². The molecular weight excluding hydrogens is 444 g/mol. The average Bonchev–Trinajstić information content (AvgIpc) is 2.75. The topological polar surface area (TPSA) is 84.7 Å². The molecule has 0 atom stereocenters. The van der Waals surface area contributed by atoms with Crippen molar-refractivity contribution in [1.29, 1.82) is 0 Å². The van der Waals surface area contributed by atoms with E-state index in [1.165, 1.54) is 24.3 Å². The first kappa shape index (κ1) is 22.0. The molecule has 32 heavy (non-hydrogen) atoms. The van der Waals surface area contributed by atoms with Gasteiger partial charge in [-0.05, 0) is 55.5 Å². The molecular formula is C22H16F3N2O4P. The zero-order valence-electron chi connectivity index (χ0n) is 16.5. The van der Waals surface area contributed by atoms with Crippen LogP contribution in [0.1, 0.15) is 5.56 Å². The second-order valence-electron chi connectivity index (χ2n) is 6.78. The van der Waals surface area contributed by atoms with Crippen LogP contribution in [0.4, 0.5) is 13.2 Å². The van der Waals surface area contributed by atoms with Crippen LogP contribution in [-0.4, -0.2) is 26.1 Å². The number of para-hydroxylation sites is 1. The van der Waals surface area contributed by atoms with Gasteiger partial charge >= 0.3 is 15.0 Å². The number of nitrogens with zero attached hydrogens (tertiary/aromatic N) is 2. The van der Waals surface area contributed by atoms with E-state index in [4.69, 9.17) is 4.52 Å². The summed E-state index contributed by atoms with van der Waals surface area (Å²) in [4.78, 5) is 27.8. The number of aromatic nitrogens is 2. The van der Waals surface area contributed by atoms with E-state index in [0.29, 0.717) is 44.7 Å². The highest BCUT2D eigenvalue weighted by Crippen LogP contribution is 2.40. The predicted octanol–water partition coefficient (Wildman–Crippen LogP) is 5.76. The fourth-order valence-corrected chi connectivity index (χ4v) is 3.69. The van der Waals surface area contributed by atoms with Crippen molar-refractivity contribution in [2.24, 2.45) is 0 Å². The third kappa shape index (κ3) is 4.80. The van der Waals surface area contributed by atoms with Gasteiger partial charge in [0.15, 0.2) is 0 Å². The molecule has 2 aromatic heterocycles. The average molecular weight is 460 g/mol. The monoisotopic (exact) mass is 460 g/mol. The second kappa shape index (κ2) is 8.70. The number of hydrogen-bond acceptors (Lipinski definition) is 6. The molecule has 0 fully saturated rings. The molecule has 0 aliphatic heterocycles. The first-order valence-corrected chi connectivity index (χ1v) is 10.5. The van der Waals surface area contributed by atoms with Crippen LogP contribution < -0.4 is 9.26 Å². The summed E-state index contributed by atoms with van der Waals surface area (Å²) in [6.45, 7) is 1.76. The summed E-state index contributed by atoms with van der Waals surface area (Å²) in [6, 6.07) is 16.1. The Hall–Kier alpha value is -3.26. The van der Waals surface area contributed by atoms with E-state index in [9.17, 15) is 23.0 Å². The fraction of sp³-hybridized carbons (Fsp3) is 0.0909. The Morgan fingerprint density at radius 3 is 2.22 bits per heavy atom. The van der Waals surface area contributed by atoms with Gasteiger partial charge in [-0.1, -0.05) is 12.1 Å². The van der Waals surface area contributed by atoms with E-state index < -0.39 is 15.0 Å². The van der Waals surface area contributed by atoms with Crippen LogP contribution in [0, 0.1) is 6.92 Å². The van der Waals surface area contributed by atoms with Crippen molar-refractivity contribution in [2.45, 2.75) is 13.3 Å². The Balaban J connectivity index is 1.68. The number of ether oxygens (including phenoxy) is 1. The Kier molecular flexibility index (Phi) is 5.97. The van der Waals surface area contributed by atoms with Gasteiger partial charge in [0, 0.05) is 28.3 Å². The highest BCUT2D eigenvalue weighted by molar-refractivity contribution is 7.39. The third-order valence-corrected chi connectivity index (χ3v) is 5.02. The molecule has 2 aromatic carbocycles. The Bertz CT molecular complexity index is 1250. The van der Waals surface area contributed by atoms with Crippen LogP contribution >= 0.6 is 8.60 Å². The summed E-state index contributed by atoms with van der Waals surface area (Å²) in [5, 5.41) is 0.648. The minimum atomic E-state index is -4.75. The molecule has 2 N–H and O–H groups in total. The van der Waals surface area contributed by atoms with Gasteiger partial charge in [0.25, 0.3) is 0 Å². The van der Waals surface area contributed by atoms with Gasteiger partial charge in [0.2, 0.25) is 0 Å². The first-order valence-electron chi connectivity index (χ1n) is 9.29. The second-order valence-corrected chi connectivity index (χ2v) is 7.47. The highest BCUT2D eigenvalue weighted by Gasteiger charge is 2.31. The molecule has 6 nitrogen and oxygen atoms in total. The van der Waals surface area contributed by atoms with Gasteiger partial charge in [-0.2, -0.15) is 0 Å². The van der Waals surface area contributed by atoms with Crippen molar-refractivity contribution < 1.29 is 32.2 Å². The van der Waals surface area contributed by atoms with Crippen LogP contribution in [0.25, 0.3) is 33.4 Å². The molecule has 2 heterocycles. The number of pyridine rings is 2. The summed E-state index contributed by atoms with van der Waals surface area (Å²) in [5.41, 5.74) is 3.62. The van der Waals surface area contributed by atoms with Crippen LogP contribution in [-0.2, 0) is 0 Å². The van der Waals surface area contributed by atoms with Gasteiger partial charge in [0.1, 0.15) is 11.5 Å². The van der Waals surface area contributed by atoms with Crippen molar-refractivity contribution >= 4 is 19.5 Å². The Labute approximate surface area is 181 Å². The number of alkyl halides is 3. The normalized spacial score (nSPS) is 11.7. The standard InChI is InChI=1S/C22H16F3N2O4P/c1-13-20(27-19-5-3-2-4-17(19)21(13)31-32(28)29)15-8-11-18(26-12-15)14-6-9-16(10-7-14)30-22(23,24)25/h2-12,28-29H,1H3. The molecule has 0 aliphatic rings. The van der Waals surface area contributed by atoms with Crippen LogP contribution in [0.5, 0.6) is 11.5 Å². The molecule has 0 spiro atoms. The molecule has 0 saturated heterocycles. The Morgan fingerprint density at radius 2 is 1.59 bits per heavy atom. The van der Waals surface area contributed by atoms with Crippen molar-refractivity contribution in [3.63, 3.8) is 0 Å². The lowest BCUT2D eigenvalue weighted by molar-refractivity contribution is -0.274.